The number of anilines is 1. The second-order valence-electron chi connectivity index (χ2n) is 3.20. The SMILES string of the molecule is Cc1cc(OCCC(N)=O)c(F)cc1N. The number of hydrogen-bond acceptors (Lipinski definition) is 3. The zero-order chi connectivity index (χ0) is 11.4. The molecule has 1 aromatic rings. The molecule has 0 bridgehead atoms. The number of benzene rings is 1. The highest BCUT2D eigenvalue weighted by molar-refractivity contribution is 5.73. The van der Waals surface area contributed by atoms with Crippen LogP contribution < -0.4 is 16.2 Å². The lowest BCUT2D eigenvalue weighted by atomic mass is 10.2. The maximum absolute atomic E-state index is 13.2. The lowest BCUT2D eigenvalue weighted by molar-refractivity contribution is -0.118. The first-order chi connectivity index (χ1) is 7.00. The molecule has 82 valence electrons. The first kappa shape index (κ1) is 11.3. The third-order valence-corrected chi connectivity index (χ3v) is 1.93. The Hall–Kier alpha value is -1.78. The highest BCUT2D eigenvalue weighted by Gasteiger charge is 2.06. The van der Waals surface area contributed by atoms with Crippen LogP contribution in [0.15, 0.2) is 12.1 Å². The van der Waals surface area contributed by atoms with Gasteiger partial charge >= 0.3 is 0 Å². The van der Waals surface area contributed by atoms with E-state index in [9.17, 15) is 9.18 Å². The highest BCUT2D eigenvalue weighted by Crippen LogP contribution is 2.23. The number of amides is 1. The minimum Gasteiger partial charge on any atom is -0.490 e. The molecule has 0 aliphatic carbocycles. The van der Waals surface area contributed by atoms with Gasteiger partial charge in [-0.25, -0.2) is 4.39 Å². The van der Waals surface area contributed by atoms with Crippen LogP contribution in [-0.4, -0.2) is 12.5 Å². The minimum absolute atomic E-state index is 0.0584. The van der Waals surface area contributed by atoms with Crippen LogP contribution in [0.2, 0.25) is 0 Å². The van der Waals surface area contributed by atoms with E-state index in [1.54, 1.807) is 6.92 Å². The number of carbonyl (C=O) groups is 1. The summed E-state index contributed by atoms with van der Waals surface area (Å²) in [4.78, 5) is 10.4. The molecule has 1 rings (SSSR count). The standard InChI is InChI=1S/C10H13FN2O2/c1-6-4-9(7(11)5-8(6)12)15-3-2-10(13)14/h4-5H,2-3,12H2,1H3,(H2,13,14). The molecular formula is C10H13FN2O2. The van der Waals surface area contributed by atoms with E-state index in [2.05, 4.69) is 0 Å². The quantitative estimate of drug-likeness (QED) is 0.730. The zero-order valence-corrected chi connectivity index (χ0v) is 8.42. The van der Waals surface area contributed by atoms with E-state index in [4.69, 9.17) is 16.2 Å². The molecule has 0 aromatic heterocycles. The van der Waals surface area contributed by atoms with Gasteiger partial charge in [-0.1, -0.05) is 0 Å². The lowest BCUT2D eigenvalue weighted by Gasteiger charge is -2.08. The van der Waals surface area contributed by atoms with Crippen LogP contribution in [0, 0.1) is 12.7 Å². The first-order valence-corrected chi connectivity index (χ1v) is 4.47. The molecule has 5 heteroatoms. The summed E-state index contributed by atoms with van der Waals surface area (Å²) in [5.41, 5.74) is 11.5. The molecule has 0 aliphatic heterocycles. The van der Waals surface area contributed by atoms with Gasteiger partial charge in [0.15, 0.2) is 11.6 Å². The molecule has 4 N–H and O–H groups in total. The van der Waals surface area contributed by atoms with Crippen LogP contribution in [0.1, 0.15) is 12.0 Å². The summed E-state index contributed by atoms with van der Waals surface area (Å²) < 4.78 is 18.3. The Balaban J connectivity index is 2.69. The van der Waals surface area contributed by atoms with Crippen molar-refractivity contribution in [3.05, 3.63) is 23.5 Å². The van der Waals surface area contributed by atoms with E-state index in [1.165, 1.54) is 12.1 Å². The van der Waals surface area contributed by atoms with E-state index in [0.717, 1.165) is 5.56 Å². The van der Waals surface area contributed by atoms with Crippen molar-refractivity contribution in [3.63, 3.8) is 0 Å². The van der Waals surface area contributed by atoms with Crippen LogP contribution in [0.5, 0.6) is 5.75 Å². The topological polar surface area (TPSA) is 78.3 Å². The van der Waals surface area contributed by atoms with Crippen molar-refractivity contribution in [2.24, 2.45) is 5.73 Å². The van der Waals surface area contributed by atoms with Crippen molar-refractivity contribution in [2.75, 3.05) is 12.3 Å². The zero-order valence-electron chi connectivity index (χ0n) is 8.42. The van der Waals surface area contributed by atoms with E-state index in [1.807, 2.05) is 0 Å². The number of hydrogen-bond donors (Lipinski definition) is 2. The third-order valence-electron chi connectivity index (χ3n) is 1.93. The van der Waals surface area contributed by atoms with Gasteiger partial charge in [0.05, 0.1) is 13.0 Å². The van der Waals surface area contributed by atoms with Gasteiger partial charge in [0.1, 0.15) is 0 Å². The molecule has 0 spiro atoms. The highest BCUT2D eigenvalue weighted by atomic mass is 19.1. The number of halogens is 1. The number of nitrogens with two attached hydrogens (primary N) is 2. The monoisotopic (exact) mass is 212 g/mol. The predicted molar refractivity (Wildman–Crippen MR) is 54.9 cm³/mol. The van der Waals surface area contributed by atoms with Crippen molar-refractivity contribution < 1.29 is 13.9 Å². The average molecular weight is 212 g/mol. The average Bonchev–Trinajstić information content (AvgIpc) is 2.13. The molecule has 0 fully saturated rings. The number of rotatable bonds is 4. The molecule has 0 saturated heterocycles. The van der Waals surface area contributed by atoms with Gasteiger partial charge in [-0.2, -0.15) is 0 Å². The number of carbonyl (C=O) groups excluding carboxylic acids is 1. The van der Waals surface area contributed by atoms with E-state index in [-0.39, 0.29) is 18.8 Å². The fraction of sp³-hybridized carbons (Fsp3) is 0.300. The fourth-order valence-electron chi connectivity index (χ4n) is 1.04. The Bertz CT molecular complexity index is 380. The van der Waals surface area contributed by atoms with Crippen LogP contribution in [-0.2, 0) is 4.79 Å². The Morgan fingerprint density at radius 2 is 2.20 bits per heavy atom. The molecule has 15 heavy (non-hydrogen) atoms. The number of primary amides is 1. The summed E-state index contributed by atoms with van der Waals surface area (Å²) >= 11 is 0. The molecule has 1 amide bonds. The maximum Gasteiger partial charge on any atom is 0.220 e. The van der Waals surface area contributed by atoms with Crippen molar-refractivity contribution >= 4 is 11.6 Å². The van der Waals surface area contributed by atoms with Crippen LogP contribution in [0.4, 0.5) is 10.1 Å². The van der Waals surface area contributed by atoms with Gasteiger partial charge in [0.2, 0.25) is 5.91 Å². The molecule has 4 nitrogen and oxygen atoms in total. The molecular weight excluding hydrogens is 199 g/mol. The van der Waals surface area contributed by atoms with E-state index in [0.29, 0.717) is 5.69 Å². The van der Waals surface area contributed by atoms with E-state index >= 15 is 0 Å². The van der Waals surface area contributed by atoms with Gasteiger partial charge < -0.3 is 16.2 Å². The second kappa shape index (κ2) is 4.63. The third kappa shape index (κ3) is 3.12. The Labute approximate surface area is 87.0 Å². The lowest BCUT2D eigenvalue weighted by Crippen LogP contribution is -2.15. The first-order valence-electron chi connectivity index (χ1n) is 4.47. The van der Waals surface area contributed by atoms with Crippen LogP contribution in [0.25, 0.3) is 0 Å². The van der Waals surface area contributed by atoms with Crippen LogP contribution >= 0.6 is 0 Å². The van der Waals surface area contributed by atoms with E-state index < -0.39 is 11.7 Å². The number of aryl methyl sites for hydroxylation is 1. The van der Waals surface area contributed by atoms with Crippen molar-refractivity contribution in [1.29, 1.82) is 0 Å². The molecule has 0 atom stereocenters. The van der Waals surface area contributed by atoms with Gasteiger partial charge in [0, 0.05) is 11.8 Å². The van der Waals surface area contributed by atoms with Gasteiger partial charge in [0.25, 0.3) is 0 Å². The molecule has 0 unspecified atom stereocenters. The molecule has 0 radical (unpaired) electrons. The Morgan fingerprint density at radius 1 is 1.53 bits per heavy atom. The fourth-order valence-corrected chi connectivity index (χ4v) is 1.04. The van der Waals surface area contributed by atoms with Gasteiger partial charge in [-0.05, 0) is 18.6 Å². The maximum atomic E-state index is 13.2. The largest absolute Gasteiger partial charge is 0.490 e. The Kier molecular flexibility index (Phi) is 3.49. The summed E-state index contributed by atoms with van der Waals surface area (Å²) in [5, 5.41) is 0. The van der Waals surface area contributed by atoms with Gasteiger partial charge in [-0.15, -0.1) is 0 Å². The molecule has 0 saturated carbocycles. The molecule has 0 aliphatic rings. The summed E-state index contributed by atoms with van der Waals surface area (Å²) in [5.74, 6) is -0.937. The number of ether oxygens (including phenoxy) is 1. The predicted octanol–water partition coefficient (Wildman–Crippen LogP) is 0.971. The second-order valence-corrected chi connectivity index (χ2v) is 3.20. The molecule has 0 heterocycles. The van der Waals surface area contributed by atoms with Crippen LogP contribution in [0.3, 0.4) is 0 Å². The smallest absolute Gasteiger partial charge is 0.220 e. The summed E-state index contributed by atoms with van der Waals surface area (Å²) in [6.07, 6.45) is 0.0584. The normalized spacial score (nSPS) is 10.0. The summed E-state index contributed by atoms with van der Waals surface area (Å²) in [7, 11) is 0. The Morgan fingerprint density at radius 3 is 2.80 bits per heavy atom. The minimum atomic E-state index is -0.539. The van der Waals surface area contributed by atoms with Crippen molar-refractivity contribution in [3.8, 4) is 5.75 Å². The van der Waals surface area contributed by atoms with Crippen molar-refractivity contribution in [1.82, 2.24) is 0 Å². The van der Waals surface area contributed by atoms with Crippen molar-refractivity contribution in [2.45, 2.75) is 13.3 Å². The summed E-state index contributed by atoms with van der Waals surface area (Å²) in [6, 6.07) is 2.68. The molecule has 1 aromatic carbocycles. The number of nitrogen functional groups attached to an aromatic ring is 1. The van der Waals surface area contributed by atoms with Gasteiger partial charge in [-0.3, -0.25) is 4.79 Å². The summed E-state index contributed by atoms with van der Waals surface area (Å²) in [6.45, 7) is 1.81.